The maximum atomic E-state index is 9.99. The van der Waals surface area contributed by atoms with Crippen LogP contribution in [0, 0.1) is 0 Å². The zero-order valence-corrected chi connectivity index (χ0v) is 8.97. The highest BCUT2D eigenvalue weighted by Crippen LogP contribution is 2.22. The van der Waals surface area contributed by atoms with Crippen molar-refractivity contribution in [2.75, 3.05) is 13.2 Å². The van der Waals surface area contributed by atoms with Gasteiger partial charge in [-0.2, -0.15) is 0 Å². The Hall–Kier alpha value is -0.980. The summed E-state index contributed by atoms with van der Waals surface area (Å²) in [6.07, 6.45) is 2.40. The van der Waals surface area contributed by atoms with Crippen molar-refractivity contribution in [3.63, 3.8) is 0 Å². The molecule has 0 bridgehead atoms. The lowest BCUT2D eigenvalue weighted by molar-refractivity contribution is 0.0484. The lowest BCUT2D eigenvalue weighted by Crippen LogP contribution is -2.20. The number of aliphatic hydroxyl groups is 1. The summed E-state index contributed by atoms with van der Waals surface area (Å²) in [6.45, 7) is 4.96. The van der Waals surface area contributed by atoms with E-state index in [9.17, 15) is 5.11 Å². The van der Waals surface area contributed by atoms with Gasteiger partial charge in [-0.3, -0.25) is 4.84 Å². The van der Waals surface area contributed by atoms with Gasteiger partial charge in [-0.05, 0) is 13.3 Å². The summed E-state index contributed by atoms with van der Waals surface area (Å²) in [7, 11) is 0. The molecule has 1 aromatic heterocycles. The molecule has 84 valence electrons. The van der Waals surface area contributed by atoms with E-state index in [2.05, 4.69) is 15.8 Å². The molecule has 1 unspecified atom stereocenters. The van der Waals surface area contributed by atoms with Crippen molar-refractivity contribution in [2.45, 2.75) is 31.9 Å². The van der Waals surface area contributed by atoms with Gasteiger partial charge in [0.2, 0.25) is 0 Å². The van der Waals surface area contributed by atoms with Crippen LogP contribution in [-0.2, 0) is 10.4 Å². The summed E-state index contributed by atoms with van der Waals surface area (Å²) in [5.74, 6) is 0. The summed E-state index contributed by atoms with van der Waals surface area (Å²) in [5.41, 5.74) is 2.49. The van der Waals surface area contributed by atoms with E-state index in [-0.39, 0.29) is 6.04 Å². The third-order valence-corrected chi connectivity index (χ3v) is 2.82. The molecule has 6 heteroatoms. The minimum atomic E-state index is -0.898. The van der Waals surface area contributed by atoms with Crippen molar-refractivity contribution in [3.05, 3.63) is 11.9 Å². The fourth-order valence-corrected chi connectivity index (χ4v) is 1.42. The van der Waals surface area contributed by atoms with E-state index >= 15 is 0 Å². The zero-order chi connectivity index (χ0) is 10.9. The van der Waals surface area contributed by atoms with Crippen LogP contribution < -0.4 is 5.48 Å². The highest BCUT2D eigenvalue weighted by molar-refractivity contribution is 5.05. The molecule has 1 saturated heterocycles. The van der Waals surface area contributed by atoms with Gasteiger partial charge in [0.15, 0.2) is 0 Å². The van der Waals surface area contributed by atoms with E-state index < -0.39 is 5.60 Å². The third-order valence-electron chi connectivity index (χ3n) is 2.82. The van der Waals surface area contributed by atoms with Crippen LogP contribution in [0.15, 0.2) is 6.20 Å². The fraction of sp³-hybridized carbons (Fsp3) is 0.778. The molecule has 15 heavy (non-hydrogen) atoms. The van der Waals surface area contributed by atoms with Gasteiger partial charge in [-0.1, -0.05) is 12.1 Å². The van der Waals surface area contributed by atoms with Gasteiger partial charge in [0.25, 0.3) is 0 Å². The SMILES string of the molecule is CCC(C)(O)c1cn([C@@H]2CNOC2)nn1. The molecule has 2 atom stereocenters. The molecule has 0 amide bonds. The number of nitrogens with one attached hydrogen (secondary N) is 1. The second-order valence-corrected chi connectivity index (χ2v) is 4.02. The number of nitrogens with zero attached hydrogens (tertiary/aromatic N) is 3. The molecule has 2 rings (SSSR count). The molecule has 0 saturated carbocycles. The van der Waals surface area contributed by atoms with E-state index in [4.69, 9.17) is 4.84 Å². The number of aromatic nitrogens is 3. The van der Waals surface area contributed by atoms with Crippen molar-refractivity contribution in [3.8, 4) is 0 Å². The highest BCUT2D eigenvalue weighted by atomic mass is 16.7. The number of hydroxylamine groups is 1. The van der Waals surface area contributed by atoms with E-state index in [0.717, 1.165) is 6.54 Å². The number of hydrogen-bond acceptors (Lipinski definition) is 5. The first-order valence-electron chi connectivity index (χ1n) is 5.13. The Labute approximate surface area is 88.2 Å². The Morgan fingerprint density at radius 2 is 2.60 bits per heavy atom. The van der Waals surface area contributed by atoms with Crippen LogP contribution in [0.5, 0.6) is 0 Å². The molecule has 1 fully saturated rings. The zero-order valence-electron chi connectivity index (χ0n) is 8.97. The molecule has 1 aliphatic heterocycles. The van der Waals surface area contributed by atoms with Gasteiger partial charge in [0.1, 0.15) is 11.3 Å². The molecule has 2 N–H and O–H groups in total. The Morgan fingerprint density at radius 3 is 3.20 bits per heavy atom. The second kappa shape index (κ2) is 3.88. The first-order chi connectivity index (χ1) is 7.13. The average Bonchev–Trinajstić information content (AvgIpc) is 2.88. The van der Waals surface area contributed by atoms with Gasteiger partial charge < -0.3 is 5.11 Å². The molecule has 0 aromatic carbocycles. The summed E-state index contributed by atoms with van der Waals surface area (Å²) in [5, 5.41) is 18.0. The van der Waals surface area contributed by atoms with E-state index in [0.29, 0.717) is 18.7 Å². The van der Waals surface area contributed by atoms with E-state index in [1.54, 1.807) is 17.8 Å². The summed E-state index contributed by atoms with van der Waals surface area (Å²) >= 11 is 0. The molecule has 0 spiro atoms. The molecular weight excluding hydrogens is 196 g/mol. The molecule has 6 nitrogen and oxygen atoms in total. The smallest absolute Gasteiger partial charge is 0.114 e. The Balaban J connectivity index is 2.16. The van der Waals surface area contributed by atoms with Crippen LogP contribution in [0.1, 0.15) is 32.0 Å². The summed E-state index contributed by atoms with van der Waals surface area (Å²) in [4.78, 5) is 5.03. The number of rotatable bonds is 3. The molecule has 2 heterocycles. The predicted octanol–water partition coefficient (Wildman–Crippen LogP) is -0.0285. The second-order valence-electron chi connectivity index (χ2n) is 4.02. The summed E-state index contributed by atoms with van der Waals surface area (Å²) in [6, 6.07) is 0.166. The van der Waals surface area contributed by atoms with Gasteiger partial charge in [-0.15, -0.1) is 5.10 Å². The molecule has 0 aliphatic carbocycles. The highest BCUT2D eigenvalue weighted by Gasteiger charge is 2.26. The number of hydrogen-bond donors (Lipinski definition) is 2. The quantitative estimate of drug-likeness (QED) is 0.736. The third kappa shape index (κ3) is 2.01. The van der Waals surface area contributed by atoms with Gasteiger partial charge >= 0.3 is 0 Å². The Bertz CT molecular complexity index is 331. The lowest BCUT2D eigenvalue weighted by Gasteiger charge is -2.17. The molecular formula is C9H16N4O2. The van der Waals surface area contributed by atoms with Gasteiger partial charge in [-0.25, -0.2) is 10.2 Å². The van der Waals surface area contributed by atoms with Crippen LogP contribution in [0.4, 0.5) is 0 Å². The van der Waals surface area contributed by atoms with Crippen LogP contribution in [-0.4, -0.2) is 33.3 Å². The van der Waals surface area contributed by atoms with Crippen LogP contribution in [0.3, 0.4) is 0 Å². The van der Waals surface area contributed by atoms with Gasteiger partial charge in [0, 0.05) is 6.54 Å². The minimum Gasteiger partial charge on any atom is -0.384 e. The lowest BCUT2D eigenvalue weighted by atomic mass is 10.0. The van der Waals surface area contributed by atoms with E-state index in [1.807, 2.05) is 6.92 Å². The first kappa shape index (κ1) is 10.5. The van der Waals surface area contributed by atoms with Gasteiger partial charge in [0.05, 0.1) is 18.8 Å². The maximum absolute atomic E-state index is 9.99. The average molecular weight is 212 g/mol. The van der Waals surface area contributed by atoms with Crippen molar-refractivity contribution in [1.82, 2.24) is 20.5 Å². The van der Waals surface area contributed by atoms with Crippen LogP contribution in [0.25, 0.3) is 0 Å². The predicted molar refractivity (Wildman–Crippen MR) is 52.9 cm³/mol. The fourth-order valence-electron chi connectivity index (χ4n) is 1.42. The van der Waals surface area contributed by atoms with E-state index in [1.165, 1.54) is 0 Å². The topological polar surface area (TPSA) is 72.2 Å². The minimum absolute atomic E-state index is 0.166. The Kier molecular flexibility index (Phi) is 2.72. The molecule has 0 radical (unpaired) electrons. The monoisotopic (exact) mass is 212 g/mol. The Morgan fingerprint density at radius 1 is 1.80 bits per heavy atom. The van der Waals surface area contributed by atoms with Crippen LogP contribution >= 0.6 is 0 Å². The van der Waals surface area contributed by atoms with Crippen molar-refractivity contribution < 1.29 is 9.94 Å². The summed E-state index contributed by atoms with van der Waals surface area (Å²) < 4.78 is 1.74. The standard InChI is InChI=1S/C9H16N4O2/c1-3-9(2,14)8-5-13(12-11-8)7-4-10-15-6-7/h5,7,10,14H,3-4,6H2,1-2H3/t7-,9?/m1/s1. The normalized spacial score (nSPS) is 25.4. The maximum Gasteiger partial charge on any atom is 0.114 e. The van der Waals surface area contributed by atoms with Crippen LogP contribution in [0.2, 0.25) is 0 Å². The largest absolute Gasteiger partial charge is 0.384 e. The first-order valence-corrected chi connectivity index (χ1v) is 5.13. The van der Waals surface area contributed by atoms with Crippen molar-refractivity contribution in [1.29, 1.82) is 0 Å². The molecule has 1 aromatic rings. The van der Waals surface area contributed by atoms with Crippen molar-refractivity contribution >= 4 is 0 Å². The van der Waals surface area contributed by atoms with Crippen molar-refractivity contribution in [2.24, 2.45) is 0 Å². The molecule has 1 aliphatic rings.